The maximum absolute atomic E-state index is 5.38. The molecule has 18 heavy (non-hydrogen) atoms. The first-order valence-electron chi connectivity index (χ1n) is 6.59. The Morgan fingerprint density at radius 2 is 2.11 bits per heavy atom. The Balaban J connectivity index is 1.88. The number of rotatable bonds is 3. The Bertz CT molecular complexity index is 428. The molecule has 0 aliphatic heterocycles. The van der Waals surface area contributed by atoms with E-state index < -0.39 is 0 Å². The summed E-state index contributed by atoms with van der Waals surface area (Å²) < 4.78 is 3.45. The zero-order valence-electron chi connectivity index (χ0n) is 10.6. The Hall–Kier alpha value is -1.11. The molecule has 0 amide bonds. The normalized spacial score (nSPS) is 15.8. The van der Waals surface area contributed by atoms with Crippen LogP contribution in [0.15, 0.2) is 24.3 Å². The molecular formula is C15H20N2S. The van der Waals surface area contributed by atoms with Crippen LogP contribution in [0.2, 0.25) is 0 Å². The molecule has 2 nitrogen and oxygen atoms in total. The monoisotopic (exact) mass is 260 g/mol. The number of hydrogen-bond donors (Lipinski definition) is 2. The molecule has 1 aliphatic carbocycles. The van der Waals surface area contributed by atoms with Gasteiger partial charge in [-0.15, -0.1) is 0 Å². The molecule has 0 aromatic heterocycles. The van der Waals surface area contributed by atoms with E-state index in [0.29, 0.717) is 6.54 Å². The van der Waals surface area contributed by atoms with Crippen molar-refractivity contribution in [1.29, 1.82) is 0 Å². The van der Waals surface area contributed by atoms with E-state index in [0.717, 1.165) is 16.5 Å². The van der Waals surface area contributed by atoms with E-state index in [4.69, 9.17) is 5.73 Å². The lowest BCUT2D eigenvalue weighted by Crippen LogP contribution is -2.10. The van der Waals surface area contributed by atoms with Crippen LogP contribution in [-0.2, 0) is 0 Å². The highest BCUT2D eigenvalue weighted by atomic mass is 32.2. The summed E-state index contributed by atoms with van der Waals surface area (Å²) in [5.74, 6) is 5.94. The molecule has 3 heteroatoms. The van der Waals surface area contributed by atoms with E-state index in [2.05, 4.69) is 28.7 Å². The molecule has 0 unspecified atom stereocenters. The maximum Gasteiger partial charge on any atom is 0.0555 e. The van der Waals surface area contributed by atoms with Crippen LogP contribution >= 0.6 is 11.9 Å². The highest BCUT2D eigenvalue weighted by Gasteiger charge is 2.13. The lowest BCUT2D eigenvalue weighted by atomic mass is 10.0. The van der Waals surface area contributed by atoms with Crippen molar-refractivity contribution in [3.63, 3.8) is 0 Å². The third-order valence-corrected chi connectivity index (χ3v) is 4.25. The second kappa shape index (κ2) is 7.35. The summed E-state index contributed by atoms with van der Waals surface area (Å²) in [7, 11) is 0. The van der Waals surface area contributed by atoms with Gasteiger partial charge in [-0.2, -0.15) is 0 Å². The summed E-state index contributed by atoms with van der Waals surface area (Å²) in [6.45, 7) is 0.411. The van der Waals surface area contributed by atoms with Gasteiger partial charge in [0.1, 0.15) is 0 Å². The van der Waals surface area contributed by atoms with E-state index in [1.165, 1.54) is 32.1 Å². The first kappa shape index (κ1) is 13.3. The summed E-state index contributed by atoms with van der Waals surface area (Å²) in [5, 5.41) is 0.762. The Morgan fingerprint density at radius 1 is 1.28 bits per heavy atom. The van der Waals surface area contributed by atoms with Gasteiger partial charge in [0.15, 0.2) is 0 Å². The summed E-state index contributed by atoms with van der Waals surface area (Å²) in [6, 6.07) is 8.21. The smallest absolute Gasteiger partial charge is 0.0555 e. The fraction of sp³-hybridized carbons (Fsp3) is 0.467. The molecule has 0 spiro atoms. The highest BCUT2D eigenvalue weighted by molar-refractivity contribution is 8.01. The predicted octanol–water partition coefficient (Wildman–Crippen LogP) is 3.39. The summed E-state index contributed by atoms with van der Waals surface area (Å²) >= 11 is 1.86. The third kappa shape index (κ3) is 4.29. The molecule has 0 radical (unpaired) electrons. The molecule has 1 fully saturated rings. The summed E-state index contributed by atoms with van der Waals surface area (Å²) in [5.41, 5.74) is 7.53. The van der Waals surface area contributed by atoms with Gasteiger partial charge >= 0.3 is 0 Å². The second-order valence-electron chi connectivity index (χ2n) is 4.57. The van der Waals surface area contributed by atoms with Crippen molar-refractivity contribution in [1.82, 2.24) is 0 Å². The third-order valence-electron chi connectivity index (χ3n) is 3.09. The van der Waals surface area contributed by atoms with Gasteiger partial charge in [0, 0.05) is 16.5 Å². The molecule has 0 bridgehead atoms. The van der Waals surface area contributed by atoms with Crippen molar-refractivity contribution in [3.8, 4) is 11.8 Å². The first-order valence-corrected chi connectivity index (χ1v) is 7.47. The molecule has 1 aromatic carbocycles. The number of anilines is 1. The van der Waals surface area contributed by atoms with Gasteiger partial charge in [-0.25, -0.2) is 0 Å². The van der Waals surface area contributed by atoms with Crippen LogP contribution in [-0.4, -0.2) is 11.8 Å². The molecule has 0 saturated heterocycles. The van der Waals surface area contributed by atoms with Crippen molar-refractivity contribution in [2.45, 2.75) is 37.4 Å². The van der Waals surface area contributed by atoms with Crippen LogP contribution in [0.5, 0.6) is 0 Å². The molecule has 1 saturated carbocycles. The molecule has 1 aliphatic rings. The topological polar surface area (TPSA) is 38.0 Å². The van der Waals surface area contributed by atoms with Crippen LogP contribution in [0.3, 0.4) is 0 Å². The Kier molecular flexibility index (Phi) is 5.44. The lowest BCUT2D eigenvalue weighted by molar-refractivity contribution is 0.516. The zero-order chi connectivity index (χ0) is 12.6. The van der Waals surface area contributed by atoms with E-state index in [-0.39, 0.29) is 0 Å². The minimum atomic E-state index is 0.411. The number of nitrogens with one attached hydrogen (secondary N) is 1. The van der Waals surface area contributed by atoms with E-state index in [1.807, 2.05) is 24.1 Å². The molecule has 3 N–H and O–H groups in total. The second-order valence-corrected chi connectivity index (χ2v) is 5.67. The standard InChI is InChI=1S/C15H20N2S/c16-11-5-7-13-6-4-8-14(12-13)17-18-15-9-2-1-3-10-15/h4,6,8,12,15,17H,1-3,9-11,16H2. The van der Waals surface area contributed by atoms with Gasteiger partial charge in [0.2, 0.25) is 0 Å². The maximum atomic E-state index is 5.38. The molecule has 0 heterocycles. The van der Waals surface area contributed by atoms with Gasteiger partial charge in [-0.3, -0.25) is 0 Å². The number of nitrogens with two attached hydrogens (primary N) is 1. The minimum absolute atomic E-state index is 0.411. The fourth-order valence-electron chi connectivity index (χ4n) is 2.15. The van der Waals surface area contributed by atoms with Crippen LogP contribution in [0.25, 0.3) is 0 Å². The molecule has 1 aromatic rings. The predicted molar refractivity (Wildman–Crippen MR) is 80.5 cm³/mol. The molecule has 96 valence electrons. The van der Waals surface area contributed by atoms with Crippen molar-refractivity contribution in [3.05, 3.63) is 29.8 Å². The number of benzene rings is 1. The zero-order valence-corrected chi connectivity index (χ0v) is 11.4. The van der Waals surface area contributed by atoms with E-state index in [1.54, 1.807) is 0 Å². The molecule has 2 rings (SSSR count). The average Bonchev–Trinajstić information content (AvgIpc) is 2.44. The molecular weight excluding hydrogens is 240 g/mol. The Labute approximate surface area is 114 Å². The largest absolute Gasteiger partial charge is 0.329 e. The quantitative estimate of drug-likeness (QED) is 0.646. The van der Waals surface area contributed by atoms with Gasteiger partial charge in [-0.1, -0.05) is 37.2 Å². The van der Waals surface area contributed by atoms with Crippen LogP contribution in [0.1, 0.15) is 37.7 Å². The van der Waals surface area contributed by atoms with Gasteiger partial charge in [0.05, 0.1) is 6.54 Å². The number of hydrogen-bond acceptors (Lipinski definition) is 3. The average molecular weight is 260 g/mol. The highest BCUT2D eigenvalue weighted by Crippen LogP contribution is 2.29. The molecule has 0 atom stereocenters. The summed E-state index contributed by atoms with van der Waals surface area (Å²) in [4.78, 5) is 0. The SMILES string of the molecule is NCC#Cc1cccc(NSC2CCCCC2)c1. The van der Waals surface area contributed by atoms with Crippen molar-refractivity contribution >= 4 is 17.6 Å². The van der Waals surface area contributed by atoms with Gasteiger partial charge < -0.3 is 10.5 Å². The van der Waals surface area contributed by atoms with E-state index >= 15 is 0 Å². The van der Waals surface area contributed by atoms with Crippen molar-refractivity contribution in [2.75, 3.05) is 11.3 Å². The van der Waals surface area contributed by atoms with Crippen molar-refractivity contribution in [2.24, 2.45) is 5.73 Å². The Morgan fingerprint density at radius 3 is 2.89 bits per heavy atom. The van der Waals surface area contributed by atoms with Crippen molar-refractivity contribution < 1.29 is 0 Å². The van der Waals surface area contributed by atoms with Gasteiger partial charge in [-0.05, 0) is 43.0 Å². The summed E-state index contributed by atoms with van der Waals surface area (Å²) in [6.07, 6.45) is 6.83. The van der Waals surface area contributed by atoms with Crippen LogP contribution < -0.4 is 10.5 Å². The fourth-order valence-corrected chi connectivity index (χ4v) is 3.15. The van der Waals surface area contributed by atoms with E-state index in [9.17, 15) is 0 Å². The van der Waals surface area contributed by atoms with Crippen LogP contribution in [0, 0.1) is 11.8 Å². The van der Waals surface area contributed by atoms with Gasteiger partial charge in [0.25, 0.3) is 0 Å². The lowest BCUT2D eigenvalue weighted by Gasteiger charge is -2.21. The first-order chi connectivity index (χ1) is 8.88. The minimum Gasteiger partial charge on any atom is -0.329 e. The van der Waals surface area contributed by atoms with Crippen LogP contribution in [0.4, 0.5) is 5.69 Å².